The standard InChI is InChI=1S/C10H8N2O5S/c11-10(14)8-4-7(13)5-2-1-3-6(9(5)17-8)12-18(15)16/h1-4,12H,(H2,11,14)(H,15,16). The summed E-state index contributed by atoms with van der Waals surface area (Å²) in [7, 11) is 0. The molecule has 0 fully saturated rings. The second-order valence-corrected chi connectivity index (χ2v) is 4.08. The van der Waals surface area contributed by atoms with E-state index in [0.717, 1.165) is 6.07 Å². The van der Waals surface area contributed by atoms with Crippen molar-refractivity contribution in [2.75, 3.05) is 4.72 Å². The lowest BCUT2D eigenvalue weighted by atomic mass is 10.2. The Morgan fingerprint density at radius 2 is 2.17 bits per heavy atom. The summed E-state index contributed by atoms with van der Waals surface area (Å²) in [6, 6.07) is 5.39. The highest BCUT2D eigenvalue weighted by Crippen LogP contribution is 2.22. The van der Waals surface area contributed by atoms with E-state index in [1.165, 1.54) is 18.2 Å². The van der Waals surface area contributed by atoms with Crippen LogP contribution < -0.4 is 15.9 Å². The topological polar surface area (TPSA) is 123 Å². The fraction of sp³-hybridized carbons (Fsp3) is 0. The van der Waals surface area contributed by atoms with E-state index in [2.05, 4.69) is 4.72 Å². The van der Waals surface area contributed by atoms with Crippen molar-refractivity contribution in [2.24, 2.45) is 5.73 Å². The first-order valence-corrected chi connectivity index (χ1v) is 5.84. The van der Waals surface area contributed by atoms with Gasteiger partial charge in [0.25, 0.3) is 17.2 Å². The summed E-state index contributed by atoms with van der Waals surface area (Å²) >= 11 is -2.32. The van der Waals surface area contributed by atoms with E-state index in [1.54, 1.807) is 0 Å². The SMILES string of the molecule is NC(=O)c1cc(=O)c2cccc(NS(=O)O)c2o1. The number of carbonyl (C=O) groups is 1. The molecule has 1 amide bonds. The van der Waals surface area contributed by atoms with E-state index in [1.807, 2.05) is 0 Å². The van der Waals surface area contributed by atoms with Gasteiger partial charge in [0.15, 0.2) is 16.8 Å². The van der Waals surface area contributed by atoms with Gasteiger partial charge < -0.3 is 10.2 Å². The summed E-state index contributed by atoms with van der Waals surface area (Å²) in [6.07, 6.45) is 0. The van der Waals surface area contributed by atoms with Crippen LogP contribution in [0.4, 0.5) is 5.69 Å². The Morgan fingerprint density at radius 3 is 2.78 bits per heavy atom. The third-order valence-corrected chi connectivity index (χ3v) is 2.59. The van der Waals surface area contributed by atoms with Crippen molar-refractivity contribution in [2.45, 2.75) is 0 Å². The minimum atomic E-state index is -2.32. The minimum Gasteiger partial charge on any atom is -0.448 e. The first-order chi connectivity index (χ1) is 8.49. The van der Waals surface area contributed by atoms with Gasteiger partial charge >= 0.3 is 0 Å². The van der Waals surface area contributed by atoms with Crippen molar-refractivity contribution in [3.05, 3.63) is 40.2 Å². The number of rotatable bonds is 3. The Balaban J connectivity index is 2.77. The molecule has 8 heteroatoms. The molecule has 4 N–H and O–H groups in total. The van der Waals surface area contributed by atoms with Crippen molar-refractivity contribution >= 4 is 33.8 Å². The van der Waals surface area contributed by atoms with Crippen LogP contribution in [0, 0.1) is 0 Å². The average Bonchev–Trinajstić information content (AvgIpc) is 2.29. The number of hydrogen-bond acceptors (Lipinski definition) is 4. The highest BCUT2D eigenvalue weighted by molar-refractivity contribution is 7.80. The van der Waals surface area contributed by atoms with Crippen molar-refractivity contribution < 1.29 is 18.0 Å². The third kappa shape index (κ3) is 2.24. The number of nitrogens with one attached hydrogen (secondary N) is 1. The van der Waals surface area contributed by atoms with Gasteiger partial charge in [0.05, 0.1) is 11.1 Å². The maximum Gasteiger partial charge on any atom is 0.284 e. The van der Waals surface area contributed by atoms with Gasteiger partial charge in [0, 0.05) is 6.07 Å². The van der Waals surface area contributed by atoms with Crippen LogP contribution in [0.15, 0.2) is 33.5 Å². The predicted octanol–water partition coefficient (Wildman–Crippen LogP) is 0.440. The summed E-state index contributed by atoms with van der Waals surface area (Å²) in [5.74, 6) is -1.21. The molecule has 1 unspecified atom stereocenters. The smallest absolute Gasteiger partial charge is 0.284 e. The number of fused-ring (bicyclic) bond motifs is 1. The summed E-state index contributed by atoms with van der Waals surface area (Å²) < 4.78 is 26.8. The van der Waals surface area contributed by atoms with E-state index < -0.39 is 22.6 Å². The van der Waals surface area contributed by atoms with Gasteiger partial charge in [-0.2, -0.15) is 0 Å². The van der Waals surface area contributed by atoms with E-state index in [9.17, 15) is 13.8 Å². The van der Waals surface area contributed by atoms with Crippen LogP contribution in [0.5, 0.6) is 0 Å². The molecule has 7 nitrogen and oxygen atoms in total. The molecule has 0 saturated heterocycles. The summed E-state index contributed by atoms with van der Waals surface area (Å²) in [6.45, 7) is 0. The van der Waals surface area contributed by atoms with E-state index in [0.29, 0.717) is 0 Å². The highest BCUT2D eigenvalue weighted by Gasteiger charge is 2.12. The molecule has 0 saturated carbocycles. The Hall–Kier alpha value is -2.19. The van der Waals surface area contributed by atoms with Crippen molar-refractivity contribution in [3.8, 4) is 0 Å². The van der Waals surface area contributed by atoms with E-state index in [-0.39, 0.29) is 22.4 Å². The molecule has 1 atom stereocenters. The van der Waals surface area contributed by atoms with Crippen LogP contribution in [-0.2, 0) is 11.3 Å². The number of amides is 1. The van der Waals surface area contributed by atoms with Gasteiger partial charge in [0.1, 0.15) is 0 Å². The normalized spacial score (nSPS) is 12.3. The first-order valence-electron chi connectivity index (χ1n) is 4.73. The lowest BCUT2D eigenvalue weighted by molar-refractivity contribution is 0.0974. The number of carbonyl (C=O) groups excluding carboxylic acids is 1. The molecule has 0 radical (unpaired) electrons. The average molecular weight is 268 g/mol. The van der Waals surface area contributed by atoms with Crippen molar-refractivity contribution in [1.82, 2.24) is 0 Å². The maximum absolute atomic E-state index is 11.7. The quantitative estimate of drug-likeness (QED) is 0.697. The van der Waals surface area contributed by atoms with Crippen LogP contribution in [0.2, 0.25) is 0 Å². The largest absolute Gasteiger partial charge is 0.448 e. The van der Waals surface area contributed by atoms with Crippen molar-refractivity contribution in [1.29, 1.82) is 0 Å². The lowest BCUT2D eigenvalue weighted by Crippen LogP contribution is -2.15. The highest BCUT2D eigenvalue weighted by atomic mass is 32.2. The summed E-state index contributed by atoms with van der Waals surface area (Å²) in [5, 5.41) is 0.176. The Morgan fingerprint density at radius 1 is 1.44 bits per heavy atom. The zero-order valence-corrected chi connectivity index (χ0v) is 9.69. The Bertz CT molecular complexity index is 709. The number of anilines is 1. The number of nitrogens with two attached hydrogens (primary N) is 1. The van der Waals surface area contributed by atoms with Gasteiger partial charge in [-0.1, -0.05) is 6.07 Å². The molecule has 1 aromatic carbocycles. The monoisotopic (exact) mass is 268 g/mol. The molecule has 18 heavy (non-hydrogen) atoms. The molecule has 0 aliphatic heterocycles. The van der Waals surface area contributed by atoms with Crippen LogP contribution in [0.3, 0.4) is 0 Å². The zero-order valence-electron chi connectivity index (χ0n) is 8.88. The number of benzene rings is 1. The van der Waals surface area contributed by atoms with Gasteiger partial charge in [-0.25, -0.2) is 4.21 Å². The molecule has 94 valence electrons. The maximum atomic E-state index is 11.7. The first kappa shape index (κ1) is 12.3. The van der Waals surface area contributed by atoms with E-state index >= 15 is 0 Å². The second kappa shape index (κ2) is 4.59. The van der Waals surface area contributed by atoms with E-state index in [4.69, 9.17) is 14.7 Å². The molecule has 0 bridgehead atoms. The number of hydrogen-bond donors (Lipinski definition) is 3. The van der Waals surface area contributed by atoms with Gasteiger partial charge in [-0.3, -0.25) is 18.9 Å². The predicted molar refractivity (Wildman–Crippen MR) is 65.4 cm³/mol. The molecule has 0 aliphatic rings. The summed E-state index contributed by atoms with van der Waals surface area (Å²) in [4.78, 5) is 22.7. The minimum absolute atomic E-state index is 0.00111. The van der Waals surface area contributed by atoms with Crippen molar-refractivity contribution in [3.63, 3.8) is 0 Å². The molecular weight excluding hydrogens is 260 g/mol. The Kier molecular flexibility index (Phi) is 3.13. The molecule has 1 heterocycles. The van der Waals surface area contributed by atoms with Gasteiger partial charge in [-0.15, -0.1) is 0 Å². The van der Waals surface area contributed by atoms with Gasteiger partial charge in [0.2, 0.25) is 0 Å². The lowest BCUT2D eigenvalue weighted by Gasteiger charge is -2.05. The number of primary amides is 1. The molecule has 2 rings (SSSR count). The van der Waals surface area contributed by atoms with Gasteiger partial charge in [-0.05, 0) is 12.1 Å². The Labute approximate surface area is 103 Å². The van der Waals surface area contributed by atoms with Crippen LogP contribution >= 0.6 is 0 Å². The number of para-hydroxylation sites is 1. The molecular formula is C10H8N2O5S. The second-order valence-electron chi connectivity index (χ2n) is 3.37. The summed E-state index contributed by atoms with van der Waals surface area (Å²) in [5.41, 5.74) is 4.68. The zero-order chi connectivity index (χ0) is 13.3. The molecule has 2 aromatic rings. The third-order valence-electron chi connectivity index (χ3n) is 2.19. The fourth-order valence-corrected chi connectivity index (χ4v) is 1.82. The van der Waals surface area contributed by atoms with Crippen LogP contribution in [0.1, 0.15) is 10.6 Å². The molecule has 0 aliphatic carbocycles. The molecule has 0 spiro atoms. The molecule has 1 aromatic heterocycles. The fourth-order valence-electron chi connectivity index (χ4n) is 1.47. The van der Waals surface area contributed by atoms with Crippen LogP contribution in [-0.4, -0.2) is 14.7 Å². The van der Waals surface area contributed by atoms with Crippen LogP contribution in [0.25, 0.3) is 11.0 Å².